The van der Waals surface area contributed by atoms with Crippen molar-refractivity contribution in [2.75, 3.05) is 0 Å². The van der Waals surface area contributed by atoms with E-state index in [2.05, 4.69) is 9.97 Å². The normalized spacial score (nSPS) is 17.1. The summed E-state index contributed by atoms with van der Waals surface area (Å²) in [6.07, 6.45) is 2.02. The molecule has 1 aromatic heterocycles. The number of hydrogen-bond acceptors (Lipinski definition) is 4. The topological polar surface area (TPSA) is 63.1 Å². The van der Waals surface area contributed by atoms with Crippen LogP contribution in [0.1, 0.15) is 24.2 Å². The zero-order valence-electron chi connectivity index (χ0n) is 9.30. The molecular weight excluding hydrogens is 224 g/mol. The van der Waals surface area contributed by atoms with Gasteiger partial charge in [0.1, 0.15) is 5.25 Å². The molecule has 4 nitrogen and oxygen atoms in total. The van der Waals surface area contributed by atoms with E-state index in [4.69, 9.17) is 5.11 Å². The summed E-state index contributed by atoms with van der Waals surface area (Å²) in [6, 6.07) is 1.89. The SMILES string of the molecule is Cc1cc(C)nc(SC(C(=O)O)C2CC2)n1. The predicted octanol–water partition coefficient (Wildman–Crippen LogP) is 2.05. The fourth-order valence-electron chi connectivity index (χ4n) is 1.61. The molecule has 86 valence electrons. The van der Waals surface area contributed by atoms with Gasteiger partial charge < -0.3 is 5.11 Å². The Balaban J connectivity index is 2.14. The Kier molecular flexibility index (Phi) is 3.14. The number of carboxylic acids is 1. The summed E-state index contributed by atoms with van der Waals surface area (Å²) in [6.45, 7) is 3.79. The average Bonchev–Trinajstić information content (AvgIpc) is 2.95. The molecule has 0 saturated heterocycles. The van der Waals surface area contributed by atoms with E-state index in [0.717, 1.165) is 24.2 Å². The Morgan fingerprint density at radius 1 is 1.44 bits per heavy atom. The number of thioether (sulfide) groups is 1. The zero-order valence-corrected chi connectivity index (χ0v) is 10.1. The molecule has 1 saturated carbocycles. The number of aryl methyl sites for hydroxylation is 2. The molecule has 5 heteroatoms. The molecule has 1 heterocycles. The first-order valence-corrected chi connectivity index (χ1v) is 6.16. The van der Waals surface area contributed by atoms with Crippen LogP contribution in [0, 0.1) is 19.8 Å². The standard InChI is InChI=1S/C11H14N2O2S/c1-6-5-7(2)13-11(12-6)16-9(10(14)15)8-3-4-8/h5,8-9H,3-4H2,1-2H3,(H,14,15). The number of rotatable bonds is 4. The van der Waals surface area contributed by atoms with Crippen molar-refractivity contribution in [3.63, 3.8) is 0 Å². The van der Waals surface area contributed by atoms with Crippen molar-refractivity contribution in [2.45, 2.75) is 37.1 Å². The van der Waals surface area contributed by atoms with Gasteiger partial charge in [-0.1, -0.05) is 11.8 Å². The van der Waals surface area contributed by atoms with Crippen LogP contribution >= 0.6 is 11.8 Å². The van der Waals surface area contributed by atoms with Crippen LogP contribution in [0.15, 0.2) is 11.2 Å². The molecule has 0 amide bonds. The number of aromatic nitrogens is 2. The lowest BCUT2D eigenvalue weighted by atomic mass is 10.3. The molecule has 0 aromatic carbocycles. The van der Waals surface area contributed by atoms with E-state index in [1.54, 1.807) is 0 Å². The molecule has 0 bridgehead atoms. The maximum Gasteiger partial charge on any atom is 0.317 e. The van der Waals surface area contributed by atoms with Gasteiger partial charge in [-0.2, -0.15) is 0 Å². The fraction of sp³-hybridized carbons (Fsp3) is 0.545. The molecule has 16 heavy (non-hydrogen) atoms. The Bertz CT molecular complexity index is 398. The molecule has 0 spiro atoms. The van der Waals surface area contributed by atoms with E-state index >= 15 is 0 Å². The van der Waals surface area contributed by atoms with Crippen LogP contribution in [-0.4, -0.2) is 26.3 Å². The van der Waals surface area contributed by atoms with Crippen LogP contribution in [-0.2, 0) is 4.79 Å². The maximum absolute atomic E-state index is 11.1. The van der Waals surface area contributed by atoms with Gasteiger partial charge in [-0.15, -0.1) is 0 Å². The Hall–Kier alpha value is -1.10. The number of carboxylic acid groups (broad SMARTS) is 1. The quantitative estimate of drug-likeness (QED) is 0.642. The second-order valence-corrected chi connectivity index (χ2v) is 5.26. The van der Waals surface area contributed by atoms with Crippen LogP contribution in [0.25, 0.3) is 0 Å². The molecule has 0 aliphatic heterocycles. The average molecular weight is 238 g/mol. The van der Waals surface area contributed by atoms with E-state index in [0.29, 0.717) is 11.1 Å². The lowest BCUT2D eigenvalue weighted by Gasteiger charge is -2.09. The molecular formula is C11H14N2O2S. The maximum atomic E-state index is 11.1. The zero-order chi connectivity index (χ0) is 11.7. The van der Waals surface area contributed by atoms with Crippen molar-refractivity contribution in [1.29, 1.82) is 0 Å². The van der Waals surface area contributed by atoms with E-state index in [1.165, 1.54) is 11.8 Å². The third kappa shape index (κ3) is 2.72. The number of carbonyl (C=O) groups is 1. The second-order valence-electron chi connectivity index (χ2n) is 4.15. The minimum Gasteiger partial charge on any atom is -0.480 e. The number of hydrogen-bond donors (Lipinski definition) is 1. The van der Waals surface area contributed by atoms with Crippen LogP contribution in [0.5, 0.6) is 0 Å². The first-order valence-electron chi connectivity index (χ1n) is 5.28. The molecule has 1 atom stereocenters. The van der Waals surface area contributed by atoms with Gasteiger partial charge in [0.15, 0.2) is 5.16 Å². The number of nitrogens with zero attached hydrogens (tertiary/aromatic N) is 2. The first-order chi connectivity index (χ1) is 7.56. The minimum absolute atomic E-state index is 0.298. The monoisotopic (exact) mass is 238 g/mol. The lowest BCUT2D eigenvalue weighted by Crippen LogP contribution is -2.19. The molecule has 2 rings (SSSR count). The van der Waals surface area contributed by atoms with Crippen molar-refractivity contribution in [3.8, 4) is 0 Å². The Morgan fingerprint density at radius 3 is 2.44 bits per heavy atom. The molecule has 1 aliphatic rings. The summed E-state index contributed by atoms with van der Waals surface area (Å²) in [7, 11) is 0. The van der Waals surface area contributed by atoms with Crippen molar-refractivity contribution in [1.82, 2.24) is 9.97 Å². The molecule has 1 aliphatic carbocycles. The van der Waals surface area contributed by atoms with Crippen LogP contribution < -0.4 is 0 Å². The molecule has 1 unspecified atom stereocenters. The summed E-state index contributed by atoms with van der Waals surface area (Å²) in [4.78, 5) is 19.6. The van der Waals surface area contributed by atoms with E-state index in [9.17, 15) is 4.79 Å². The van der Waals surface area contributed by atoms with Crippen LogP contribution in [0.2, 0.25) is 0 Å². The van der Waals surface area contributed by atoms with Gasteiger partial charge in [0.25, 0.3) is 0 Å². The van der Waals surface area contributed by atoms with Gasteiger partial charge in [0.2, 0.25) is 0 Å². The largest absolute Gasteiger partial charge is 0.480 e. The summed E-state index contributed by atoms with van der Waals surface area (Å²) in [5, 5.41) is 9.30. The van der Waals surface area contributed by atoms with Crippen molar-refractivity contribution < 1.29 is 9.90 Å². The minimum atomic E-state index is -0.754. The highest BCUT2D eigenvalue weighted by atomic mass is 32.2. The van der Waals surface area contributed by atoms with Gasteiger partial charge in [0.05, 0.1) is 0 Å². The smallest absolute Gasteiger partial charge is 0.317 e. The molecule has 0 radical (unpaired) electrons. The lowest BCUT2D eigenvalue weighted by molar-refractivity contribution is -0.136. The third-order valence-electron chi connectivity index (χ3n) is 2.49. The van der Waals surface area contributed by atoms with Gasteiger partial charge in [0, 0.05) is 11.4 Å². The van der Waals surface area contributed by atoms with Gasteiger partial charge in [-0.05, 0) is 38.7 Å². The van der Waals surface area contributed by atoms with E-state index in [-0.39, 0.29) is 5.25 Å². The summed E-state index contributed by atoms with van der Waals surface area (Å²) in [5.41, 5.74) is 1.77. The van der Waals surface area contributed by atoms with Crippen molar-refractivity contribution in [3.05, 3.63) is 17.5 Å². The van der Waals surface area contributed by atoms with Crippen LogP contribution in [0.4, 0.5) is 0 Å². The van der Waals surface area contributed by atoms with Crippen LogP contribution in [0.3, 0.4) is 0 Å². The molecule has 1 fully saturated rings. The Labute approximate surface area is 98.5 Å². The fourth-order valence-corrected chi connectivity index (χ4v) is 2.79. The summed E-state index contributed by atoms with van der Waals surface area (Å²) < 4.78 is 0. The van der Waals surface area contributed by atoms with Crippen molar-refractivity contribution in [2.24, 2.45) is 5.92 Å². The van der Waals surface area contributed by atoms with Crippen molar-refractivity contribution >= 4 is 17.7 Å². The molecule has 1 N–H and O–H groups in total. The number of aliphatic carboxylic acids is 1. The van der Waals surface area contributed by atoms with E-state index in [1.807, 2.05) is 19.9 Å². The Morgan fingerprint density at radius 2 is 2.00 bits per heavy atom. The second kappa shape index (κ2) is 4.41. The highest BCUT2D eigenvalue weighted by molar-refractivity contribution is 8.00. The van der Waals surface area contributed by atoms with E-state index < -0.39 is 5.97 Å². The third-order valence-corrected chi connectivity index (χ3v) is 3.72. The highest BCUT2D eigenvalue weighted by Crippen LogP contribution is 2.40. The molecule has 1 aromatic rings. The van der Waals surface area contributed by atoms with Gasteiger partial charge in [-0.3, -0.25) is 4.79 Å². The van der Waals surface area contributed by atoms with Gasteiger partial charge >= 0.3 is 5.97 Å². The summed E-state index contributed by atoms with van der Waals surface area (Å²) in [5.74, 6) is -0.456. The first kappa shape index (κ1) is 11.4. The predicted molar refractivity (Wildman–Crippen MR) is 61.5 cm³/mol. The highest BCUT2D eigenvalue weighted by Gasteiger charge is 2.37. The summed E-state index contributed by atoms with van der Waals surface area (Å²) >= 11 is 1.27. The van der Waals surface area contributed by atoms with Gasteiger partial charge in [-0.25, -0.2) is 9.97 Å².